The van der Waals surface area contributed by atoms with Crippen LogP contribution >= 0.6 is 0 Å². The van der Waals surface area contributed by atoms with Crippen molar-refractivity contribution in [3.63, 3.8) is 0 Å². The number of carbonyl (C=O) groups is 1. The molecule has 14 heavy (non-hydrogen) atoms. The van der Waals surface area contributed by atoms with Crippen LogP contribution in [0.2, 0.25) is 0 Å². The van der Waals surface area contributed by atoms with E-state index in [1.165, 1.54) is 0 Å². The fourth-order valence-electron chi connectivity index (χ4n) is 1.26. The van der Waals surface area contributed by atoms with E-state index in [1.807, 2.05) is 0 Å². The minimum Gasteiger partial charge on any atom is -0.338 e. The molecule has 0 aromatic heterocycles. The average molecular weight is 221 g/mol. The zero-order valence-electron chi connectivity index (χ0n) is 8.12. The summed E-state index contributed by atoms with van der Waals surface area (Å²) < 4.78 is 23.8. The predicted octanol–water partition coefficient (Wildman–Crippen LogP) is -1.05. The van der Waals surface area contributed by atoms with Gasteiger partial charge in [-0.2, -0.15) is 0 Å². The number of hydrogen-bond donors (Lipinski definition) is 2. The minimum absolute atomic E-state index is 0.119. The molecule has 6 nitrogen and oxygen atoms in total. The van der Waals surface area contributed by atoms with Crippen molar-refractivity contribution in [1.29, 1.82) is 0 Å². The molecule has 0 aromatic rings. The number of hydrogen-bond acceptors (Lipinski definition) is 3. The van der Waals surface area contributed by atoms with Gasteiger partial charge in [0.2, 0.25) is 10.0 Å². The third-order valence-electron chi connectivity index (χ3n) is 1.91. The summed E-state index contributed by atoms with van der Waals surface area (Å²) in [5, 5.41) is 2.69. The number of carbonyl (C=O) groups excluding carboxylic acids is 1. The lowest BCUT2D eigenvalue weighted by atomic mass is 10.3. The minimum atomic E-state index is -3.15. The second-order valence-electron chi connectivity index (χ2n) is 3.24. The molecule has 0 bridgehead atoms. The first kappa shape index (κ1) is 11.3. The summed E-state index contributed by atoms with van der Waals surface area (Å²) in [7, 11) is -3.15. The van der Waals surface area contributed by atoms with Gasteiger partial charge in [0.1, 0.15) is 0 Å². The van der Waals surface area contributed by atoms with Gasteiger partial charge in [-0.1, -0.05) is 0 Å². The Morgan fingerprint density at radius 3 is 2.86 bits per heavy atom. The quantitative estimate of drug-likeness (QED) is 0.636. The SMILES string of the molecule is CS(=O)(=O)NCCN1CCCNC1=O. The molecule has 1 aliphatic rings. The summed E-state index contributed by atoms with van der Waals surface area (Å²) in [5.74, 6) is 0. The zero-order valence-corrected chi connectivity index (χ0v) is 8.93. The molecule has 7 heteroatoms. The lowest BCUT2D eigenvalue weighted by Crippen LogP contribution is -2.48. The molecule has 2 N–H and O–H groups in total. The van der Waals surface area contributed by atoms with Crippen molar-refractivity contribution in [2.75, 3.05) is 32.4 Å². The van der Waals surface area contributed by atoms with Crippen molar-refractivity contribution >= 4 is 16.1 Å². The van der Waals surface area contributed by atoms with E-state index in [9.17, 15) is 13.2 Å². The Hall–Kier alpha value is -0.820. The number of nitrogens with one attached hydrogen (secondary N) is 2. The smallest absolute Gasteiger partial charge is 0.317 e. The van der Waals surface area contributed by atoms with Gasteiger partial charge in [0.15, 0.2) is 0 Å². The van der Waals surface area contributed by atoms with Gasteiger partial charge in [-0.3, -0.25) is 0 Å². The van der Waals surface area contributed by atoms with Crippen molar-refractivity contribution in [1.82, 2.24) is 14.9 Å². The monoisotopic (exact) mass is 221 g/mol. The molecular weight excluding hydrogens is 206 g/mol. The Balaban J connectivity index is 2.27. The van der Waals surface area contributed by atoms with Gasteiger partial charge < -0.3 is 10.2 Å². The van der Waals surface area contributed by atoms with Crippen molar-refractivity contribution in [2.45, 2.75) is 6.42 Å². The highest BCUT2D eigenvalue weighted by Crippen LogP contribution is 1.97. The zero-order chi connectivity index (χ0) is 10.6. The van der Waals surface area contributed by atoms with Gasteiger partial charge in [-0.25, -0.2) is 17.9 Å². The summed E-state index contributed by atoms with van der Waals surface area (Å²) in [6.07, 6.45) is 2.01. The number of rotatable bonds is 4. The number of amides is 2. The molecular formula is C7H15N3O3S. The molecule has 0 atom stereocenters. The average Bonchev–Trinajstić information content (AvgIpc) is 2.06. The molecule has 0 radical (unpaired) electrons. The first-order valence-electron chi connectivity index (χ1n) is 4.46. The molecule has 0 unspecified atom stereocenters. The van der Waals surface area contributed by atoms with Crippen LogP contribution in [-0.4, -0.2) is 51.8 Å². The van der Waals surface area contributed by atoms with E-state index in [0.717, 1.165) is 12.7 Å². The van der Waals surface area contributed by atoms with Crippen LogP contribution < -0.4 is 10.0 Å². The number of urea groups is 1. The van der Waals surface area contributed by atoms with Crippen molar-refractivity contribution in [3.05, 3.63) is 0 Å². The number of sulfonamides is 1. The second kappa shape index (κ2) is 4.61. The highest BCUT2D eigenvalue weighted by atomic mass is 32.2. The van der Waals surface area contributed by atoms with E-state index in [0.29, 0.717) is 19.6 Å². The first-order chi connectivity index (χ1) is 6.49. The summed E-state index contributed by atoms with van der Waals surface area (Å²) >= 11 is 0. The largest absolute Gasteiger partial charge is 0.338 e. The van der Waals surface area contributed by atoms with Gasteiger partial charge in [-0.15, -0.1) is 0 Å². The third kappa shape index (κ3) is 3.93. The molecule has 1 heterocycles. The van der Waals surface area contributed by atoms with Gasteiger partial charge in [0.05, 0.1) is 6.26 Å². The highest BCUT2D eigenvalue weighted by molar-refractivity contribution is 7.88. The van der Waals surface area contributed by atoms with E-state index in [1.54, 1.807) is 4.90 Å². The van der Waals surface area contributed by atoms with Crippen LogP contribution in [0.15, 0.2) is 0 Å². The van der Waals surface area contributed by atoms with Crippen LogP contribution in [-0.2, 0) is 10.0 Å². The highest BCUT2D eigenvalue weighted by Gasteiger charge is 2.16. The summed E-state index contributed by atoms with van der Waals surface area (Å²) in [6, 6.07) is -0.119. The normalized spacial score (nSPS) is 18.1. The van der Waals surface area contributed by atoms with Gasteiger partial charge in [-0.05, 0) is 6.42 Å². The summed E-state index contributed by atoms with van der Waals surface area (Å²) in [5.41, 5.74) is 0. The first-order valence-corrected chi connectivity index (χ1v) is 6.35. The van der Waals surface area contributed by atoms with E-state index >= 15 is 0 Å². The van der Waals surface area contributed by atoms with Gasteiger partial charge in [0, 0.05) is 26.2 Å². The lowest BCUT2D eigenvalue weighted by Gasteiger charge is -2.27. The Morgan fingerprint density at radius 2 is 2.29 bits per heavy atom. The van der Waals surface area contributed by atoms with Crippen LogP contribution in [0.5, 0.6) is 0 Å². The number of nitrogens with zero attached hydrogens (tertiary/aromatic N) is 1. The molecule has 1 saturated heterocycles. The Labute approximate surface area is 83.7 Å². The maximum absolute atomic E-state index is 11.2. The van der Waals surface area contributed by atoms with Crippen LogP contribution in [0.4, 0.5) is 4.79 Å². The van der Waals surface area contributed by atoms with Crippen LogP contribution in [0.3, 0.4) is 0 Å². The van der Waals surface area contributed by atoms with Crippen molar-refractivity contribution < 1.29 is 13.2 Å². The fourth-order valence-corrected chi connectivity index (χ4v) is 1.72. The van der Waals surface area contributed by atoms with Gasteiger partial charge in [0.25, 0.3) is 0 Å². The molecule has 0 aromatic carbocycles. The van der Waals surface area contributed by atoms with Crippen LogP contribution in [0, 0.1) is 0 Å². The summed E-state index contributed by atoms with van der Waals surface area (Å²) in [4.78, 5) is 12.8. The molecule has 0 saturated carbocycles. The molecule has 2 amide bonds. The van der Waals surface area contributed by atoms with E-state index in [-0.39, 0.29) is 12.6 Å². The van der Waals surface area contributed by atoms with E-state index < -0.39 is 10.0 Å². The van der Waals surface area contributed by atoms with Gasteiger partial charge >= 0.3 is 6.03 Å². The summed E-state index contributed by atoms with van der Waals surface area (Å²) in [6.45, 7) is 2.08. The third-order valence-corrected chi connectivity index (χ3v) is 2.64. The van der Waals surface area contributed by atoms with Crippen LogP contribution in [0.1, 0.15) is 6.42 Å². The van der Waals surface area contributed by atoms with E-state index in [2.05, 4.69) is 10.0 Å². The molecule has 1 aliphatic heterocycles. The molecule has 82 valence electrons. The standard InChI is InChI=1S/C7H15N3O3S/c1-14(12,13)9-4-6-10-5-2-3-8-7(10)11/h9H,2-6H2,1H3,(H,8,11). The Morgan fingerprint density at radius 1 is 1.57 bits per heavy atom. The molecule has 1 rings (SSSR count). The molecule has 0 spiro atoms. The maximum atomic E-state index is 11.2. The maximum Gasteiger partial charge on any atom is 0.317 e. The molecule has 0 aliphatic carbocycles. The van der Waals surface area contributed by atoms with Crippen molar-refractivity contribution in [3.8, 4) is 0 Å². The van der Waals surface area contributed by atoms with E-state index in [4.69, 9.17) is 0 Å². The fraction of sp³-hybridized carbons (Fsp3) is 0.857. The predicted molar refractivity (Wildman–Crippen MR) is 52.4 cm³/mol. The molecule has 1 fully saturated rings. The second-order valence-corrected chi connectivity index (χ2v) is 5.07. The lowest BCUT2D eigenvalue weighted by molar-refractivity contribution is 0.187. The van der Waals surface area contributed by atoms with Crippen LogP contribution in [0.25, 0.3) is 0 Å². The Kier molecular flexibility index (Phi) is 3.70. The van der Waals surface area contributed by atoms with Crippen molar-refractivity contribution in [2.24, 2.45) is 0 Å². The Bertz CT molecular complexity index is 301. The topological polar surface area (TPSA) is 78.5 Å².